The zero-order valence-corrected chi connectivity index (χ0v) is 17.9. The number of hydrogen-bond acceptors (Lipinski definition) is 5. The Kier molecular flexibility index (Phi) is 7.64. The van der Waals surface area contributed by atoms with Crippen molar-refractivity contribution in [2.24, 2.45) is 5.73 Å². The third-order valence-electron chi connectivity index (χ3n) is 4.91. The van der Waals surface area contributed by atoms with Gasteiger partial charge in [-0.15, -0.1) is 0 Å². The Morgan fingerprint density at radius 1 is 1.23 bits per heavy atom. The lowest BCUT2D eigenvalue weighted by Crippen LogP contribution is -2.41. The molecule has 1 aromatic carbocycles. The molecule has 9 heteroatoms. The van der Waals surface area contributed by atoms with Crippen LogP contribution in [0, 0.1) is 5.82 Å². The summed E-state index contributed by atoms with van der Waals surface area (Å²) >= 11 is 0. The minimum atomic E-state index is -0.852. The van der Waals surface area contributed by atoms with Gasteiger partial charge in [-0.05, 0) is 57.2 Å². The molecule has 30 heavy (non-hydrogen) atoms. The monoisotopic (exact) mass is 423 g/mol. The summed E-state index contributed by atoms with van der Waals surface area (Å²) in [6.45, 7) is 6.43. The molecule has 8 nitrogen and oxygen atoms in total. The Hall–Kier alpha value is -2.84. The highest BCUT2D eigenvalue weighted by molar-refractivity contribution is 5.91. The number of urea groups is 1. The van der Waals surface area contributed by atoms with Crippen molar-refractivity contribution in [1.82, 2.24) is 4.90 Å². The molecule has 1 aliphatic rings. The molecule has 0 bridgehead atoms. The second-order valence-corrected chi connectivity index (χ2v) is 8.27. The molecule has 1 aliphatic heterocycles. The van der Waals surface area contributed by atoms with Crippen LogP contribution in [-0.4, -0.2) is 55.3 Å². The van der Waals surface area contributed by atoms with Gasteiger partial charge < -0.3 is 20.1 Å². The first-order valence-corrected chi connectivity index (χ1v) is 9.93. The summed E-state index contributed by atoms with van der Waals surface area (Å²) < 4.78 is 24.4. The zero-order chi connectivity index (χ0) is 22.5. The van der Waals surface area contributed by atoms with Crippen LogP contribution in [-0.2, 0) is 14.3 Å². The summed E-state index contributed by atoms with van der Waals surface area (Å²) in [7, 11) is 1.24. The minimum Gasteiger partial charge on any atom is -0.469 e. The van der Waals surface area contributed by atoms with Crippen molar-refractivity contribution in [3.8, 4) is 0 Å². The number of methoxy groups -OCH3 is 1. The van der Waals surface area contributed by atoms with Gasteiger partial charge in [0.1, 0.15) is 11.4 Å². The van der Waals surface area contributed by atoms with E-state index in [9.17, 15) is 18.8 Å². The van der Waals surface area contributed by atoms with Crippen molar-refractivity contribution in [1.29, 1.82) is 0 Å². The summed E-state index contributed by atoms with van der Waals surface area (Å²) in [6, 6.07) is 3.70. The lowest BCUT2D eigenvalue weighted by Gasteiger charge is -2.34. The predicted octanol–water partition coefficient (Wildman–Crippen LogP) is 3.39. The largest absolute Gasteiger partial charge is 0.469 e. The molecule has 0 unspecified atom stereocenters. The highest BCUT2D eigenvalue weighted by Gasteiger charge is 2.28. The number of hydrogen-bond donors (Lipinski definition) is 1. The molecule has 3 amide bonds. The van der Waals surface area contributed by atoms with Gasteiger partial charge >= 0.3 is 18.1 Å². The average molecular weight is 423 g/mol. The van der Waals surface area contributed by atoms with E-state index in [1.165, 1.54) is 13.2 Å². The van der Waals surface area contributed by atoms with E-state index in [1.54, 1.807) is 17.0 Å². The number of carbonyl (C=O) groups is 3. The molecule has 0 saturated carbocycles. The molecule has 1 fully saturated rings. The van der Waals surface area contributed by atoms with Gasteiger partial charge in [0, 0.05) is 19.6 Å². The van der Waals surface area contributed by atoms with Crippen molar-refractivity contribution in [3.63, 3.8) is 0 Å². The molecule has 0 radical (unpaired) electrons. The first kappa shape index (κ1) is 23.4. The average Bonchev–Trinajstić information content (AvgIpc) is 2.67. The summed E-state index contributed by atoms with van der Waals surface area (Å²) in [5, 5.41) is 0. The van der Waals surface area contributed by atoms with Crippen LogP contribution in [0.3, 0.4) is 0 Å². The Morgan fingerprint density at radius 2 is 1.87 bits per heavy atom. The van der Waals surface area contributed by atoms with E-state index in [1.807, 2.05) is 20.8 Å². The molecular formula is C21H30FN3O5. The molecule has 0 spiro atoms. The number of halogens is 1. The topological polar surface area (TPSA) is 102 Å². The van der Waals surface area contributed by atoms with Crippen LogP contribution in [0.4, 0.5) is 19.7 Å². The fourth-order valence-electron chi connectivity index (χ4n) is 3.37. The second-order valence-electron chi connectivity index (χ2n) is 8.27. The summed E-state index contributed by atoms with van der Waals surface area (Å²) in [4.78, 5) is 38.2. The van der Waals surface area contributed by atoms with Crippen LogP contribution in [0.1, 0.15) is 51.5 Å². The molecule has 2 rings (SSSR count). The zero-order valence-electron chi connectivity index (χ0n) is 17.9. The van der Waals surface area contributed by atoms with Gasteiger partial charge in [0.15, 0.2) is 0 Å². The Labute approximate surface area is 176 Å². The Bertz CT molecular complexity index is 785. The number of anilines is 1. The van der Waals surface area contributed by atoms with E-state index in [0.717, 1.165) is 10.5 Å². The SMILES string of the molecule is COC(=O)CCN(C(N)=O)c1cc(C2CCN(C(=O)OC(C)(C)C)CC2)ccc1F. The highest BCUT2D eigenvalue weighted by Crippen LogP contribution is 2.32. The van der Waals surface area contributed by atoms with E-state index in [4.69, 9.17) is 10.5 Å². The van der Waals surface area contributed by atoms with Crippen molar-refractivity contribution in [3.05, 3.63) is 29.6 Å². The first-order chi connectivity index (χ1) is 14.0. The third-order valence-corrected chi connectivity index (χ3v) is 4.91. The predicted molar refractivity (Wildman–Crippen MR) is 110 cm³/mol. The molecule has 166 valence electrons. The van der Waals surface area contributed by atoms with Crippen LogP contribution in [0.15, 0.2) is 18.2 Å². The number of likely N-dealkylation sites (tertiary alicyclic amines) is 1. The lowest BCUT2D eigenvalue weighted by atomic mass is 9.89. The van der Waals surface area contributed by atoms with Crippen LogP contribution in [0.5, 0.6) is 0 Å². The normalized spacial score (nSPS) is 14.9. The van der Waals surface area contributed by atoms with Crippen LogP contribution in [0.25, 0.3) is 0 Å². The number of piperidine rings is 1. The number of rotatable bonds is 5. The van der Waals surface area contributed by atoms with Gasteiger partial charge in [-0.1, -0.05) is 6.07 Å². The van der Waals surface area contributed by atoms with E-state index >= 15 is 0 Å². The fourth-order valence-corrected chi connectivity index (χ4v) is 3.37. The van der Waals surface area contributed by atoms with Crippen LogP contribution < -0.4 is 10.6 Å². The fraction of sp³-hybridized carbons (Fsp3) is 0.571. The van der Waals surface area contributed by atoms with E-state index in [0.29, 0.717) is 25.9 Å². The lowest BCUT2D eigenvalue weighted by molar-refractivity contribution is -0.140. The minimum absolute atomic E-state index is 0.0264. The summed E-state index contributed by atoms with van der Waals surface area (Å²) in [5.74, 6) is -1.03. The molecular weight excluding hydrogens is 393 g/mol. The molecule has 1 heterocycles. The van der Waals surface area contributed by atoms with E-state index in [2.05, 4.69) is 4.74 Å². The number of carbonyl (C=O) groups excluding carboxylic acids is 3. The first-order valence-electron chi connectivity index (χ1n) is 9.93. The summed E-state index contributed by atoms with van der Waals surface area (Å²) in [6.07, 6.45) is 0.923. The quantitative estimate of drug-likeness (QED) is 0.732. The van der Waals surface area contributed by atoms with Crippen molar-refractivity contribution in [2.45, 2.75) is 51.6 Å². The molecule has 2 N–H and O–H groups in total. The van der Waals surface area contributed by atoms with E-state index in [-0.39, 0.29) is 30.7 Å². The van der Waals surface area contributed by atoms with E-state index < -0.39 is 23.4 Å². The molecule has 1 saturated heterocycles. The number of amides is 3. The van der Waals surface area contributed by atoms with Crippen molar-refractivity contribution < 1.29 is 28.2 Å². The Morgan fingerprint density at radius 3 is 2.40 bits per heavy atom. The number of ether oxygens (including phenoxy) is 2. The summed E-state index contributed by atoms with van der Waals surface area (Å²) in [5.41, 5.74) is 5.73. The number of benzene rings is 1. The van der Waals surface area contributed by atoms with Gasteiger partial charge in [0.05, 0.1) is 19.2 Å². The van der Waals surface area contributed by atoms with Gasteiger partial charge in [-0.25, -0.2) is 14.0 Å². The number of nitrogens with zero attached hydrogens (tertiary/aromatic N) is 2. The maximum Gasteiger partial charge on any atom is 0.410 e. The Balaban J connectivity index is 2.10. The molecule has 0 aromatic heterocycles. The van der Waals surface area contributed by atoms with Crippen LogP contribution >= 0.6 is 0 Å². The highest BCUT2D eigenvalue weighted by atomic mass is 19.1. The molecule has 1 aromatic rings. The smallest absolute Gasteiger partial charge is 0.410 e. The maximum absolute atomic E-state index is 14.4. The second kappa shape index (κ2) is 9.77. The van der Waals surface area contributed by atoms with Crippen molar-refractivity contribution in [2.75, 3.05) is 31.6 Å². The third kappa shape index (κ3) is 6.33. The standard InChI is InChI=1S/C21H30FN3O5/c1-21(2,3)30-20(28)24-10-7-14(8-11-24)15-5-6-16(22)17(13-15)25(19(23)27)12-9-18(26)29-4/h5-6,13-14H,7-12H2,1-4H3,(H2,23,27). The number of primary amides is 1. The van der Waals surface area contributed by atoms with Gasteiger partial charge in [-0.3, -0.25) is 9.69 Å². The maximum atomic E-state index is 14.4. The molecule has 0 atom stereocenters. The van der Waals surface area contributed by atoms with Crippen molar-refractivity contribution >= 4 is 23.8 Å². The number of esters is 1. The molecule has 0 aliphatic carbocycles. The van der Waals surface area contributed by atoms with Crippen LogP contribution in [0.2, 0.25) is 0 Å². The van der Waals surface area contributed by atoms with Gasteiger partial charge in [0.25, 0.3) is 0 Å². The van der Waals surface area contributed by atoms with Gasteiger partial charge in [0.2, 0.25) is 0 Å². The number of nitrogens with two attached hydrogens (primary N) is 1. The van der Waals surface area contributed by atoms with Gasteiger partial charge in [-0.2, -0.15) is 0 Å².